The van der Waals surface area contributed by atoms with Crippen molar-refractivity contribution in [2.75, 3.05) is 0 Å². The van der Waals surface area contributed by atoms with E-state index in [1.54, 1.807) is 0 Å². The minimum absolute atomic E-state index is 0.00793. The van der Waals surface area contributed by atoms with Crippen molar-refractivity contribution < 1.29 is 14.7 Å². The van der Waals surface area contributed by atoms with E-state index in [0.29, 0.717) is 21.9 Å². The highest BCUT2D eigenvalue weighted by Gasteiger charge is 2.12. The fourth-order valence-corrected chi connectivity index (χ4v) is 2.72. The molecule has 0 aliphatic rings. The molecule has 0 heterocycles. The summed E-state index contributed by atoms with van der Waals surface area (Å²) in [6.07, 6.45) is 0.611. The number of carboxylic acid groups (broad SMARTS) is 1. The predicted molar refractivity (Wildman–Crippen MR) is 95.3 cm³/mol. The van der Waals surface area contributed by atoms with Gasteiger partial charge in [-0.05, 0) is 24.3 Å². The number of rotatable bonds is 2. The highest BCUT2D eigenvalue weighted by atomic mass is 35.5. The van der Waals surface area contributed by atoms with Crippen LogP contribution in [0.4, 0.5) is 0 Å². The molecule has 2 aromatic carbocycles. The summed E-state index contributed by atoms with van der Waals surface area (Å²) in [4.78, 5) is 20.9. The molecule has 0 atom stereocenters. The lowest BCUT2D eigenvalue weighted by Crippen LogP contribution is -1.97. The molecule has 9 heteroatoms. The van der Waals surface area contributed by atoms with Crippen LogP contribution in [0.1, 0.15) is 20.7 Å². The maximum Gasteiger partial charge on any atom is 0.337 e. The number of benzene rings is 2. The molecule has 1 N–H and O–H groups in total. The average Bonchev–Trinajstić information content (AvgIpc) is 2.47. The standard InChI is InChI=1S/C7H3Cl3O2.C7H3Cl3O/c8-3-1-4(7(11)12)6(10)5(9)2-3;8-5-1-4(3-11)7(10)6(9)2-5/h1-2H,(H,11,12);1-3H. The second-order valence-electron chi connectivity index (χ2n) is 3.96. The number of aromatic carboxylic acids is 1. The van der Waals surface area contributed by atoms with E-state index in [0.717, 1.165) is 0 Å². The Morgan fingerprint density at radius 2 is 1.30 bits per heavy atom. The first-order valence-electron chi connectivity index (χ1n) is 5.65. The molecule has 0 aliphatic carbocycles. The summed E-state index contributed by atoms with van der Waals surface area (Å²) in [5.41, 5.74) is 0.221. The Morgan fingerprint density at radius 1 is 0.826 bits per heavy atom. The van der Waals surface area contributed by atoms with Crippen LogP contribution < -0.4 is 0 Å². The number of carbonyl (C=O) groups is 2. The summed E-state index contributed by atoms with van der Waals surface area (Å²) < 4.78 is 0. The van der Waals surface area contributed by atoms with E-state index >= 15 is 0 Å². The van der Waals surface area contributed by atoms with Crippen molar-refractivity contribution in [2.24, 2.45) is 0 Å². The topological polar surface area (TPSA) is 54.4 Å². The molecule has 0 aliphatic heterocycles. The number of carbonyl (C=O) groups excluding carboxylic acids is 1. The highest BCUT2D eigenvalue weighted by molar-refractivity contribution is 6.45. The van der Waals surface area contributed by atoms with E-state index in [4.69, 9.17) is 74.7 Å². The average molecular weight is 435 g/mol. The van der Waals surface area contributed by atoms with Gasteiger partial charge >= 0.3 is 5.97 Å². The van der Waals surface area contributed by atoms with E-state index in [1.165, 1.54) is 24.3 Å². The fourth-order valence-electron chi connectivity index (χ4n) is 1.37. The number of aldehydes is 1. The molecule has 122 valence electrons. The second kappa shape index (κ2) is 8.97. The zero-order valence-electron chi connectivity index (χ0n) is 10.9. The van der Waals surface area contributed by atoms with Crippen LogP contribution >= 0.6 is 69.6 Å². The van der Waals surface area contributed by atoms with Gasteiger partial charge in [-0.3, -0.25) is 4.79 Å². The van der Waals surface area contributed by atoms with Gasteiger partial charge in [0.15, 0.2) is 6.29 Å². The predicted octanol–water partition coefficient (Wildman–Crippen LogP) is 6.80. The van der Waals surface area contributed by atoms with Crippen LogP contribution in [0.2, 0.25) is 30.1 Å². The van der Waals surface area contributed by atoms with E-state index < -0.39 is 5.97 Å². The van der Waals surface area contributed by atoms with Gasteiger partial charge in [0.2, 0.25) is 0 Å². The molecule has 23 heavy (non-hydrogen) atoms. The normalized spacial score (nSPS) is 9.83. The van der Waals surface area contributed by atoms with Crippen LogP contribution in [0, 0.1) is 0 Å². The third-order valence-corrected chi connectivity index (χ3v) is 4.43. The van der Waals surface area contributed by atoms with Crippen LogP contribution in [0.15, 0.2) is 24.3 Å². The van der Waals surface area contributed by atoms with Gasteiger partial charge in [-0.2, -0.15) is 0 Å². The number of halogens is 6. The first kappa shape index (κ1) is 20.4. The van der Waals surface area contributed by atoms with E-state index in [2.05, 4.69) is 0 Å². The molecule has 0 fully saturated rings. The minimum Gasteiger partial charge on any atom is -0.478 e. The quantitative estimate of drug-likeness (QED) is 0.417. The molecule has 0 saturated carbocycles. The lowest BCUT2D eigenvalue weighted by Gasteiger charge is -2.01. The van der Waals surface area contributed by atoms with Crippen molar-refractivity contribution in [1.82, 2.24) is 0 Å². The Hall–Kier alpha value is -0.680. The maximum atomic E-state index is 10.5. The van der Waals surface area contributed by atoms with Crippen LogP contribution in [0.3, 0.4) is 0 Å². The molecule has 3 nitrogen and oxygen atoms in total. The maximum absolute atomic E-state index is 10.5. The van der Waals surface area contributed by atoms with Gasteiger partial charge in [-0.25, -0.2) is 4.79 Å². The van der Waals surface area contributed by atoms with Crippen LogP contribution in [-0.2, 0) is 0 Å². The highest BCUT2D eigenvalue weighted by Crippen LogP contribution is 2.30. The Morgan fingerprint density at radius 3 is 1.78 bits per heavy atom. The molecular formula is C14H6Cl6O3. The van der Waals surface area contributed by atoms with Crippen molar-refractivity contribution in [3.8, 4) is 0 Å². The van der Waals surface area contributed by atoms with Crippen molar-refractivity contribution in [1.29, 1.82) is 0 Å². The summed E-state index contributed by atoms with van der Waals surface area (Å²) in [5.74, 6) is -1.15. The van der Waals surface area contributed by atoms with Crippen molar-refractivity contribution in [3.05, 3.63) is 65.5 Å². The van der Waals surface area contributed by atoms with Gasteiger partial charge in [0.05, 0.1) is 25.7 Å². The Bertz CT molecular complexity index is 761. The zero-order chi connectivity index (χ0) is 17.7. The zero-order valence-corrected chi connectivity index (χ0v) is 15.5. The van der Waals surface area contributed by atoms with Crippen molar-refractivity contribution in [2.45, 2.75) is 0 Å². The Labute approximate surface area is 161 Å². The molecular weight excluding hydrogens is 429 g/mol. The molecule has 0 aromatic heterocycles. The van der Waals surface area contributed by atoms with E-state index in [1.807, 2.05) is 0 Å². The number of carboxylic acids is 1. The molecule has 2 rings (SSSR count). The molecule has 0 radical (unpaired) electrons. The first-order chi connectivity index (χ1) is 10.7. The Kier molecular flexibility index (Phi) is 7.95. The third-order valence-electron chi connectivity index (χ3n) is 2.37. The number of hydrogen-bond acceptors (Lipinski definition) is 2. The Balaban J connectivity index is 0.000000231. The van der Waals surface area contributed by atoms with Gasteiger partial charge in [0.25, 0.3) is 0 Å². The molecule has 2 aromatic rings. The van der Waals surface area contributed by atoms with Gasteiger partial charge in [-0.1, -0.05) is 69.6 Å². The first-order valence-corrected chi connectivity index (χ1v) is 7.91. The minimum atomic E-state index is -1.15. The number of hydrogen-bond donors (Lipinski definition) is 1. The van der Waals surface area contributed by atoms with Gasteiger partial charge < -0.3 is 5.11 Å². The van der Waals surface area contributed by atoms with Crippen molar-refractivity contribution in [3.63, 3.8) is 0 Å². The van der Waals surface area contributed by atoms with Gasteiger partial charge in [0, 0.05) is 15.6 Å². The molecule has 0 unspecified atom stereocenters. The summed E-state index contributed by atoms with van der Waals surface area (Å²) in [5, 5.41) is 9.95. The van der Waals surface area contributed by atoms with Gasteiger partial charge in [0.1, 0.15) is 0 Å². The molecule has 0 bridgehead atoms. The van der Waals surface area contributed by atoms with Crippen LogP contribution in [-0.4, -0.2) is 17.4 Å². The van der Waals surface area contributed by atoms with E-state index in [-0.39, 0.29) is 25.7 Å². The molecule has 0 amide bonds. The van der Waals surface area contributed by atoms with Gasteiger partial charge in [-0.15, -0.1) is 0 Å². The van der Waals surface area contributed by atoms with Crippen molar-refractivity contribution >= 4 is 81.9 Å². The summed E-state index contributed by atoms with van der Waals surface area (Å²) in [6.45, 7) is 0. The SMILES string of the molecule is O=C(O)c1cc(Cl)cc(Cl)c1Cl.O=Cc1cc(Cl)cc(Cl)c1Cl. The smallest absolute Gasteiger partial charge is 0.337 e. The summed E-state index contributed by atoms with van der Waals surface area (Å²) in [7, 11) is 0. The second-order valence-corrected chi connectivity index (χ2v) is 6.41. The fraction of sp³-hybridized carbons (Fsp3) is 0. The van der Waals surface area contributed by atoms with Crippen LogP contribution in [0.25, 0.3) is 0 Å². The molecule has 0 saturated heterocycles. The lowest BCUT2D eigenvalue weighted by atomic mass is 10.2. The largest absolute Gasteiger partial charge is 0.478 e. The molecule has 0 spiro atoms. The summed E-state index contributed by atoms with van der Waals surface area (Å²) >= 11 is 33.6. The van der Waals surface area contributed by atoms with E-state index in [9.17, 15) is 9.59 Å². The monoisotopic (exact) mass is 432 g/mol. The third kappa shape index (κ3) is 5.71. The summed E-state index contributed by atoms with van der Waals surface area (Å²) in [6, 6.07) is 5.58. The van der Waals surface area contributed by atoms with Crippen LogP contribution in [0.5, 0.6) is 0 Å². The lowest BCUT2D eigenvalue weighted by molar-refractivity contribution is 0.0697.